The standard InChI is InChI=1S/C8H9O4P/c9-6-3-5(13)1-2-7(6)12-4-8(10)11/h1-3,9H,4,13H2,(H,10,11). The predicted molar refractivity (Wildman–Crippen MR) is 50.6 cm³/mol. The zero-order valence-electron chi connectivity index (χ0n) is 6.73. The molecule has 1 atom stereocenters. The number of carboxylic acids is 1. The third kappa shape index (κ3) is 2.92. The molecule has 70 valence electrons. The van der Waals surface area contributed by atoms with Gasteiger partial charge in [0, 0.05) is 0 Å². The van der Waals surface area contributed by atoms with E-state index >= 15 is 0 Å². The van der Waals surface area contributed by atoms with Crippen LogP contribution < -0.4 is 10.0 Å². The topological polar surface area (TPSA) is 66.8 Å². The van der Waals surface area contributed by atoms with Crippen LogP contribution in [0.15, 0.2) is 18.2 Å². The van der Waals surface area contributed by atoms with Gasteiger partial charge in [-0.15, -0.1) is 9.24 Å². The third-order valence-corrected chi connectivity index (χ3v) is 1.69. The summed E-state index contributed by atoms with van der Waals surface area (Å²) >= 11 is 0. The van der Waals surface area contributed by atoms with Crippen molar-refractivity contribution in [2.24, 2.45) is 0 Å². The quantitative estimate of drug-likeness (QED) is 0.691. The highest BCUT2D eigenvalue weighted by atomic mass is 31.0. The van der Waals surface area contributed by atoms with Crippen LogP contribution in [0.4, 0.5) is 0 Å². The summed E-state index contributed by atoms with van der Waals surface area (Å²) in [5.41, 5.74) is 0. The summed E-state index contributed by atoms with van der Waals surface area (Å²) in [6.07, 6.45) is 0. The van der Waals surface area contributed by atoms with E-state index in [1.54, 1.807) is 6.07 Å². The number of ether oxygens (including phenoxy) is 1. The fourth-order valence-corrected chi connectivity index (χ4v) is 1.05. The predicted octanol–water partition coefficient (Wildman–Crippen LogP) is 0.356. The van der Waals surface area contributed by atoms with Crippen LogP contribution in [0.3, 0.4) is 0 Å². The summed E-state index contributed by atoms with van der Waals surface area (Å²) < 4.78 is 4.79. The van der Waals surface area contributed by atoms with Crippen molar-refractivity contribution in [3.63, 3.8) is 0 Å². The molecule has 4 nitrogen and oxygen atoms in total. The molecule has 1 aromatic carbocycles. The lowest BCUT2D eigenvalue weighted by Gasteiger charge is -2.05. The van der Waals surface area contributed by atoms with Gasteiger partial charge in [-0.05, 0) is 17.4 Å². The monoisotopic (exact) mass is 200 g/mol. The van der Waals surface area contributed by atoms with Crippen molar-refractivity contribution in [1.82, 2.24) is 0 Å². The van der Waals surface area contributed by atoms with E-state index in [9.17, 15) is 9.90 Å². The third-order valence-electron chi connectivity index (χ3n) is 1.33. The Labute approximate surface area is 77.4 Å². The van der Waals surface area contributed by atoms with Gasteiger partial charge in [-0.25, -0.2) is 4.79 Å². The van der Waals surface area contributed by atoms with E-state index in [1.165, 1.54) is 12.1 Å². The van der Waals surface area contributed by atoms with Gasteiger partial charge in [0.2, 0.25) is 0 Å². The van der Waals surface area contributed by atoms with Crippen LogP contribution in [0.2, 0.25) is 0 Å². The number of rotatable bonds is 3. The maximum Gasteiger partial charge on any atom is 0.341 e. The van der Waals surface area contributed by atoms with E-state index < -0.39 is 12.6 Å². The normalized spacial score (nSPS) is 9.62. The van der Waals surface area contributed by atoms with Gasteiger partial charge in [0.1, 0.15) is 0 Å². The highest BCUT2D eigenvalue weighted by molar-refractivity contribution is 7.27. The number of carbonyl (C=O) groups is 1. The van der Waals surface area contributed by atoms with Crippen LogP contribution in [0.25, 0.3) is 0 Å². The molecule has 13 heavy (non-hydrogen) atoms. The van der Waals surface area contributed by atoms with Gasteiger partial charge in [0.25, 0.3) is 0 Å². The Morgan fingerprint density at radius 2 is 2.23 bits per heavy atom. The average Bonchev–Trinajstić information content (AvgIpc) is 2.02. The van der Waals surface area contributed by atoms with Gasteiger partial charge < -0.3 is 14.9 Å². The number of hydrogen-bond donors (Lipinski definition) is 2. The molecule has 0 radical (unpaired) electrons. The number of aromatic hydroxyl groups is 1. The fraction of sp³-hybridized carbons (Fsp3) is 0.125. The molecule has 0 saturated heterocycles. The van der Waals surface area contributed by atoms with Crippen LogP contribution in [0, 0.1) is 0 Å². The maximum absolute atomic E-state index is 10.1. The van der Waals surface area contributed by atoms with Crippen molar-refractivity contribution in [3.05, 3.63) is 18.2 Å². The minimum absolute atomic E-state index is 0.0613. The zero-order chi connectivity index (χ0) is 9.84. The van der Waals surface area contributed by atoms with E-state index in [0.717, 1.165) is 5.30 Å². The molecule has 0 aliphatic carbocycles. The highest BCUT2D eigenvalue weighted by Gasteiger charge is 2.04. The van der Waals surface area contributed by atoms with Gasteiger partial charge in [-0.3, -0.25) is 0 Å². The van der Waals surface area contributed by atoms with Crippen molar-refractivity contribution < 1.29 is 19.7 Å². The van der Waals surface area contributed by atoms with Gasteiger partial charge >= 0.3 is 5.97 Å². The molecule has 5 heteroatoms. The molecule has 0 heterocycles. The lowest BCUT2D eigenvalue weighted by atomic mass is 10.3. The molecule has 0 aliphatic rings. The first kappa shape index (κ1) is 9.81. The Bertz CT molecular complexity index is 324. The Kier molecular flexibility index (Phi) is 3.09. The lowest BCUT2D eigenvalue weighted by Crippen LogP contribution is -2.09. The largest absolute Gasteiger partial charge is 0.504 e. The summed E-state index contributed by atoms with van der Waals surface area (Å²) in [5, 5.41) is 18.4. The second-order valence-corrected chi connectivity index (χ2v) is 3.08. The van der Waals surface area contributed by atoms with Crippen LogP contribution in [0.1, 0.15) is 0 Å². The molecule has 0 aromatic heterocycles. The Balaban J connectivity index is 2.72. The summed E-state index contributed by atoms with van der Waals surface area (Å²) in [7, 11) is 2.41. The minimum atomic E-state index is -1.07. The molecule has 0 bridgehead atoms. The van der Waals surface area contributed by atoms with E-state index in [1.807, 2.05) is 0 Å². The number of carboxylic acid groups (broad SMARTS) is 1. The molecule has 1 unspecified atom stereocenters. The number of phenols is 1. The van der Waals surface area contributed by atoms with Crippen molar-refractivity contribution in [2.75, 3.05) is 6.61 Å². The maximum atomic E-state index is 10.1. The number of benzene rings is 1. The second kappa shape index (κ2) is 4.10. The van der Waals surface area contributed by atoms with Crippen LogP contribution in [-0.2, 0) is 4.79 Å². The Morgan fingerprint density at radius 3 is 2.77 bits per heavy atom. The molecule has 0 spiro atoms. The van der Waals surface area contributed by atoms with Crippen molar-refractivity contribution in [2.45, 2.75) is 0 Å². The van der Waals surface area contributed by atoms with Crippen molar-refractivity contribution in [3.8, 4) is 11.5 Å². The van der Waals surface area contributed by atoms with E-state index in [4.69, 9.17) is 9.84 Å². The molecule has 0 fully saturated rings. The fourth-order valence-electron chi connectivity index (χ4n) is 0.796. The molecular formula is C8H9O4P. The smallest absolute Gasteiger partial charge is 0.341 e. The van der Waals surface area contributed by atoms with E-state index in [0.29, 0.717) is 0 Å². The first-order chi connectivity index (χ1) is 6.09. The Morgan fingerprint density at radius 1 is 1.54 bits per heavy atom. The molecule has 0 amide bonds. The van der Waals surface area contributed by atoms with Crippen molar-refractivity contribution >= 4 is 20.5 Å². The number of hydrogen-bond acceptors (Lipinski definition) is 3. The molecule has 2 N–H and O–H groups in total. The van der Waals surface area contributed by atoms with Crippen LogP contribution in [0.5, 0.6) is 11.5 Å². The van der Waals surface area contributed by atoms with Gasteiger partial charge in [-0.1, -0.05) is 6.07 Å². The first-order valence-electron chi connectivity index (χ1n) is 3.52. The first-order valence-corrected chi connectivity index (χ1v) is 4.10. The van der Waals surface area contributed by atoms with E-state index in [2.05, 4.69) is 9.24 Å². The van der Waals surface area contributed by atoms with Crippen molar-refractivity contribution in [1.29, 1.82) is 0 Å². The van der Waals surface area contributed by atoms with Gasteiger partial charge in [0.05, 0.1) is 0 Å². The number of phenolic OH excluding ortho intramolecular Hbond substituents is 1. The average molecular weight is 200 g/mol. The summed E-state index contributed by atoms with van der Waals surface area (Å²) in [6.45, 7) is -0.455. The summed E-state index contributed by atoms with van der Waals surface area (Å²) in [4.78, 5) is 10.1. The minimum Gasteiger partial charge on any atom is -0.504 e. The molecular weight excluding hydrogens is 191 g/mol. The second-order valence-electron chi connectivity index (χ2n) is 2.41. The highest BCUT2D eigenvalue weighted by Crippen LogP contribution is 2.23. The lowest BCUT2D eigenvalue weighted by molar-refractivity contribution is -0.139. The van der Waals surface area contributed by atoms with E-state index in [-0.39, 0.29) is 11.5 Å². The SMILES string of the molecule is O=C(O)COc1ccc(P)cc1O. The summed E-state index contributed by atoms with van der Waals surface area (Å²) in [5.74, 6) is -0.961. The number of aliphatic carboxylic acids is 1. The molecule has 0 saturated carbocycles. The molecule has 1 rings (SSSR count). The van der Waals surface area contributed by atoms with Crippen LogP contribution in [-0.4, -0.2) is 22.8 Å². The zero-order valence-corrected chi connectivity index (χ0v) is 7.88. The van der Waals surface area contributed by atoms with Gasteiger partial charge in [0.15, 0.2) is 18.1 Å². The molecule has 0 aliphatic heterocycles. The molecule has 1 aromatic rings. The summed E-state index contributed by atoms with van der Waals surface area (Å²) in [6, 6.07) is 4.68. The van der Waals surface area contributed by atoms with Crippen LogP contribution >= 0.6 is 9.24 Å². The Hall–Kier alpha value is -1.28. The van der Waals surface area contributed by atoms with Gasteiger partial charge in [-0.2, -0.15) is 0 Å².